The Morgan fingerprint density at radius 3 is 2.85 bits per heavy atom. The monoisotopic (exact) mass is 275 g/mol. The van der Waals surface area contributed by atoms with Crippen LogP contribution in [0.4, 0.5) is 0 Å². The molecule has 112 valence electrons. The minimum Gasteiger partial charge on any atom is -0.385 e. The van der Waals surface area contributed by atoms with E-state index < -0.39 is 0 Å². The van der Waals surface area contributed by atoms with Gasteiger partial charge in [0.25, 0.3) is 0 Å². The number of fused-ring (bicyclic) bond motifs is 1. The summed E-state index contributed by atoms with van der Waals surface area (Å²) in [5.74, 6) is 0.785. The summed E-state index contributed by atoms with van der Waals surface area (Å²) in [5.41, 5.74) is 3.13. The fourth-order valence-electron chi connectivity index (χ4n) is 3.35. The van der Waals surface area contributed by atoms with Gasteiger partial charge in [0, 0.05) is 19.8 Å². The molecule has 0 amide bonds. The molecule has 0 spiro atoms. The SMILES string of the molecule is CCCNC(CCCOC)C1CCc2ccccc2C1. The summed E-state index contributed by atoms with van der Waals surface area (Å²) in [6.07, 6.45) is 7.42. The summed E-state index contributed by atoms with van der Waals surface area (Å²) in [6.45, 7) is 4.26. The third-order valence-corrected chi connectivity index (χ3v) is 4.47. The van der Waals surface area contributed by atoms with Gasteiger partial charge in [0.1, 0.15) is 0 Å². The van der Waals surface area contributed by atoms with Crippen LogP contribution in [0.3, 0.4) is 0 Å². The molecule has 0 saturated carbocycles. The molecule has 2 atom stereocenters. The van der Waals surface area contributed by atoms with E-state index in [9.17, 15) is 0 Å². The second kappa shape index (κ2) is 8.43. The van der Waals surface area contributed by atoms with Gasteiger partial charge in [-0.25, -0.2) is 0 Å². The Hall–Kier alpha value is -0.860. The highest BCUT2D eigenvalue weighted by atomic mass is 16.5. The molecular weight excluding hydrogens is 246 g/mol. The molecule has 2 nitrogen and oxygen atoms in total. The van der Waals surface area contributed by atoms with Gasteiger partial charge >= 0.3 is 0 Å². The quantitative estimate of drug-likeness (QED) is 0.732. The van der Waals surface area contributed by atoms with Crippen molar-refractivity contribution in [3.63, 3.8) is 0 Å². The molecule has 2 rings (SSSR count). The Labute approximate surface area is 123 Å². The van der Waals surface area contributed by atoms with E-state index in [1.54, 1.807) is 18.2 Å². The van der Waals surface area contributed by atoms with E-state index in [1.165, 1.54) is 32.1 Å². The lowest BCUT2D eigenvalue weighted by atomic mass is 9.79. The smallest absolute Gasteiger partial charge is 0.0462 e. The zero-order chi connectivity index (χ0) is 14.2. The molecule has 2 unspecified atom stereocenters. The first-order valence-electron chi connectivity index (χ1n) is 8.14. The van der Waals surface area contributed by atoms with Gasteiger partial charge in [0.15, 0.2) is 0 Å². The van der Waals surface area contributed by atoms with E-state index in [0.29, 0.717) is 6.04 Å². The zero-order valence-electron chi connectivity index (χ0n) is 13.0. The maximum atomic E-state index is 5.21. The van der Waals surface area contributed by atoms with Crippen LogP contribution in [0.1, 0.15) is 43.7 Å². The van der Waals surface area contributed by atoms with E-state index >= 15 is 0 Å². The third kappa shape index (κ3) is 4.32. The number of rotatable bonds is 8. The maximum absolute atomic E-state index is 5.21. The molecule has 1 aliphatic rings. The van der Waals surface area contributed by atoms with Crippen molar-refractivity contribution in [3.05, 3.63) is 35.4 Å². The number of nitrogens with one attached hydrogen (secondary N) is 1. The second-order valence-electron chi connectivity index (χ2n) is 5.97. The lowest BCUT2D eigenvalue weighted by molar-refractivity contribution is 0.181. The van der Waals surface area contributed by atoms with Crippen molar-refractivity contribution in [1.29, 1.82) is 0 Å². The van der Waals surface area contributed by atoms with E-state index in [-0.39, 0.29) is 0 Å². The standard InChI is InChI=1S/C18H29NO/c1-3-12-19-18(9-6-13-20-2)17-11-10-15-7-4-5-8-16(15)14-17/h4-5,7-8,17-19H,3,6,9-14H2,1-2H3. The maximum Gasteiger partial charge on any atom is 0.0462 e. The van der Waals surface area contributed by atoms with Crippen molar-refractivity contribution < 1.29 is 4.74 Å². The van der Waals surface area contributed by atoms with Gasteiger partial charge in [0.05, 0.1) is 0 Å². The summed E-state index contributed by atoms with van der Waals surface area (Å²) < 4.78 is 5.21. The molecule has 0 bridgehead atoms. The Morgan fingerprint density at radius 2 is 2.10 bits per heavy atom. The van der Waals surface area contributed by atoms with Crippen LogP contribution in [0.5, 0.6) is 0 Å². The van der Waals surface area contributed by atoms with E-state index in [1.807, 2.05) is 0 Å². The molecule has 1 aromatic rings. The molecule has 1 aliphatic carbocycles. The number of hydrogen-bond donors (Lipinski definition) is 1. The Kier molecular flexibility index (Phi) is 6.55. The van der Waals surface area contributed by atoms with Gasteiger partial charge in [-0.1, -0.05) is 31.2 Å². The third-order valence-electron chi connectivity index (χ3n) is 4.47. The Balaban J connectivity index is 1.95. The minimum absolute atomic E-state index is 0.651. The van der Waals surface area contributed by atoms with Crippen LogP contribution < -0.4 is 5.32 Å². The number of benzene rings is 1. The molecule has 1 aromatic carbocycles. The number of aryl methyl sites for hydroxylation is 1. The van der Waals surface area contributed by atoms with Gasteiger partial charge in [-0.15, -0.1) is 0 Å². The number of methoxy groups -OCH3 is 1. The molecule has 0 heterocycles. The lowest BCUT2D eigenvalue weighted by Crippen LogP contribution is -2.39. The molecule has 2 heteroatoms. The summed E-state index contributed by atoms with van der Waals surface area (Å²) in [7, 11) is 1.80. The molecule has 0 radical (unpaired) electrons. The predicted octanol–water partition coefficient (Wildman–Crippen LogP) is 3.59. The number of ether oxygens (including phenoxy) is 1. The average molecular weight is 275 g/mol. The molecule has 0 fully saturated rings. The molecule has 0 saturated heterocycles. The first kappa shape index (κ1) is 15.5. The fraction of sp³-hybridized carbons (Fsp3) is 0.667. The van der Waals surface area contributed by atoms with E-state index in [2.05, 4.69) is 36.5 Å². The number of hydrogen-bond acceptors (Lipinski definition) is 2. The Bertz CT molecular complexity index is 391. The minimum atomic E-state index is 0.651. The van der Waals surface area contributed by atoms with Crippen molar-refractivity contribution >= 4 is 0 Å². The van der Waals surface area contributed by atoms with Crippen LogP contribution >= 0.6 is 0 Å². The summed E-state index contributed by atoms with van der Waals surface area (Å²) >= 11 is 0. The normalized spacial score (nSPS) is 19.6. The van der Waals surface area contributed by atoms with Crippen molar-refractivity contribution in [2.75, 3.05) is 20.3 Å². The average Bonchev–Trinajstić information content (AvgIpc) is 2.50. The van der Waals surface area contributed by atoms with Crippen LogP contribution in [-0.4, -0.2) is 26.3 Å². The van der Waals surface area contributed by atoms with Crippen LogP contribution in [0.15, 0.2) is 24.3 Å². The predicted molar refractivity (Wildman–Crippen MR) is 85.1 cm³/mol. The van der Waals surface area contributed by atoms with Crippen LogP contribution in [-0.2, 0) is 17.6 Å². The van der Waals surface area contributed by atoms with Crippen molar-refractivity contribution in [3.8, 4) is 0 Å². The Morgan fingerprint density at radius 1 is 1.30 bits per heavy atom. The lowest BCUT2D eigenvalue weighted by Gasteiger charge is -2.32. The molecular formula is C18H29NO. The van der Waals surface area contributed by atoms with Crippen molar-refractivity contribution in [2.24, 2.45) is 5.92 Å². The largest absolute Gasteiger partial charge is 0.385 e. The first-order chi connectivity index (χ1) is 9.85. The first-order valence-corrected chi connectivity index (χ1v) is 8.14. The second-order valence-corrected chi connectivity index (χ2v) is 5.97. The van der Waals surface area contributed by atoms with Crippen molar-refractivity contribution in [1.82, 2.24) is 5.32 Å². The highest BCUT2D eigenvalue weighted by Crippen LogP contribution is 2.29. The molecule has 20 heavy (non-hydrogen) atoms. The van der Waals surface area contributed by atoms with Crippen LogP contribution in [0.2, 0.25) is 0 Å². The van der Waals surface area contributed by atoms with Gasteiger partial charge in [-0.05, 0) is 62.1 Å². The highest BCUT2D eigenvalue weighted by molar-refractivity contribution is 5.30. The summed E-state index contributed by atoms with van der Waals surface area (Å²) in [4.78, 5) is 0. The molecule has 1 N–H and O–H groups in total. The highest BCUT2D eigenvalue weighted by Gasteiger charge is 2.25. The van der Waals surface area contributed by atoms with Crippen LogP contribution in [0.25, 0.3) is 0 Å². The molecule has 0 aliphatic heterocycles. The summed E-state index contributed by atoms with van der Waals surface area (Å²) in [5, 5.41) is 3.77. The van der Waals surface area contributed by atoms with E-state index in [0.717, 1.165) is 25.5 Å². The van der Waals surface area contributed by atoms with Gasteiger partial charge in [0.2, 0.25) is 0 Å². The van der Waals surface area contributed by atoms with Gasteiger partial charge < -0.3 is 10.1 Å². The van der Waals surface area contributed by atoms with Crippen molar-refractivity contribution in [2.45, 2.75) is 51.5 Å². The van der Waals surface area contributed by atoms with Gasteiger partial charge in [-0.2, -0.15) is 0 Å². The van der Waals surface area contributed by atoms with E-state index in [4.69, 9.17) is 4.74 Å². The zero-order valence-corrected chi connectivity index (χ0v) is 13.0. The van der Waals surface area contributed by atoms with Crippen LogP contribution in [0, 0.1) is 5.92 Å². The topological polar surface area (TPSA) is 21.3 Å². The van der Waals surface area contributed by atoms with Gasteiger partial charge in [-0.3, -0.25) is 0 Å². The fourth-order valence-corrected chi connectivity index (χ4v) is 3.35. The molecule has 0 aromatic heterocycles. The summed E-state index contributed by atoms with van der Waals surface area (Å²) in [6, 6.07) is 9.61.